The molecule has 24 heavy (non-hydrogen) atoms. The maximum Gasteiger partial charge on any atom is 0.252 e. The Morgan fingerprint density at radius 1 is 1.00 bits per heavy atom. The molecule has 0 amide bonds. The van der Waals surface area contributed by atoms with Crippen molar-refractivity contribution in [3.8, 4) is 0 Å². The van der Waals surface area contributed by atoms with Crippen LogP contribution >= 0.6 is 24.8 Å². The molecule has 2 aliphatic heterocycles. The van der Waals surface area contributed by atoms with Crippen molar-refractivity contribution in [1.29, 1.82) is 0 Å². The first-order valence-corrected chi connectivity index (χ1v) is 7.86. The van der Waals surface area contributed by atoms with Crippen LogP contribution in [0.25, 0.3) is 11.0 Å². The van der Waals surface area contributed by atoms with E-state index in [4.69, 9.17) is 5.73 Å². The molecule has 2 aliphatic rings. The number of aromatic nitrogens is 2. The fourth-order valence-electron chi connectivity index (χ4n) is 3.73. The normalized spacial score (nSPS) is 20.6. The van der Waals surface area contributed by atoms with Crippen LogP contribution in [0.15, 0.2) is 33.9 Å². The molecule has 1 unspecified atom stereocenters. The molecule has 4 heterocycles. The summed E-state index contributed by atoms with van der Waals surface area (Å²) in [6, 6.07) is 7.10. The van der Waals surface area contributed by atoms with Crippen LogP contribution in [0.4, 0.5) is 0 Å². The van der Waals surface area contributed by atoms with Gasteiger partial charge in [-0.05, 0) is 38.1 Å². The molecule has 0 aliphatic carbocycles. The molecule has 132 valence electrons. The molecule has 1 atom stereocenters. The van der Waals surface area contributed by atoms with Gasteiger partial charge < -0.3 is 10.6 Å². The summed E-state index contributed by atoms with van der Waals surface area (Å²) in [6.45, 7) is 3.31. The summed E-state index contributed by atoms with van der Waals surface area (Å²) >= 11 is 0. The zero-order chi connectivity index (χ0) is 15.3. The van der Waals surface area contributed by atoms with Gasteiger partial charge in [-0.3, -0.25) is 18.7 Å². The topological polar surface area (TPSA) is 73.3 Å². The lowest BCUT2D eigenvalue weighted by atomic mass is 10.1. The van der Waals surface area contributed by atoms with E-state index in [0.29, 0.717) is 12.6 Å². The van der Waals surface area contributed by atoms with Crippen molar-refractivity contribution in [1.82, 2.24) is 14.0 Å². The SMILES string of the molecule is Cl.Cl.NC1CCN(CC2Cn3c(=O)ccc4ccc(=O)n2c43)CC1. The van der Waals surface area contributed by atoms with Crippen LogP contribution in [-0.4, -0.2) is 39.7 Å². The fraction of sp³-hybridized carbons (Fsp3) is 0.500. The monoisotopic (exact) mass is 372 g/mol. The number of likely N-dealkylation sites (tertiary alicyclic amines) is 1. The van der Waals surface area contributed by atoms with Crippen LogP contribution in [0.3, 0.4) is 0 Å². The van der Waals surface area contributed by atoms with E-state index in [0.717, 1.165) is 43.5 Å². The molecule has 1 fully saturated rings. The van der Waals surface area contributed by atoms with Crippen LogP contribution < -0.4 is 16.9 Å². The highest BCUT2D eigenvalue weighted by Crippen LogP contribution is 2.24. The third kappa shape index (κ3) is 3.11. The predicted molar refractivity (Wildman–Crippen MR) is 99.7 cm³/mol. The Kier molecular flexibility index (Phi) is 5.75. The van der Waals surface area contributed by atoms with Crippen molar-refractivity contribution in [2.45, 2.75) is 31.5 Å². The third-order valence-electron chi connectivity index (χ3n) is 4.92. The van der Waals surface area contributed by atoms with Gasteiger partial charge in [0, 0.05) is 36.7 Å². The van der Waals surface area contributed by atoms with Crippen molar-refractivity contribution in [2.75, 3.05) is 19.6 Å². The van der Waals surface area contributed by atoms with Gasteiger partial charge in [-0.25, -0.2) is 0 Å². The number of nitrogens with two attached hydrogens (primary N) is 1. The zero-order valence-electron chi connectivity index (χ0n) is 13.3. The standard InChI is InChI=1S/C16H20N4O2.2ClH/c17-12-5-7-18(8-6-12)9-13-10-19-14(21)3-1-11-2-4-15(22)20(13)16(11)19;;/h1-4,12-13H,5-10,17H2;2*1H. The second-order valence-electron chi connectivity index (χ2n) is 6.39. The average Bonchev–Trinajstić information content (AvgIpc) is 2.89. The van der Waals surface area contributed by atoms with Gasteiger partial charge in [0.25, 0.3) is 11.1 Å². The van der Waals surface area contributed by atoms with E-state index in [1.165, 1.54) is 0 Å². The maximum absolute atomic E-state index is 12.3. The van der Waals surface area contributed by atoms with Gasteiger partial charge in [-0.2, -0.15) is 0 Å². The molecular weight excluding hydrogens is 351 g/mol. The van der Waals surface area contributed by atoms with Crippen molar-refractivity contribution < 1.29 is 0 Å². The zero-order valence-corrected chi connectivity index (χ0v) is 14.9. The summed E-state index contributed by atoms with van der Waals surface area (Å²) < 4.78 is 3.53. The second kappa shape index (κ2) is 7.27. The molecule has 4 rings (SSSR count). The Bertz CT molecular complexity index is 835. The lowest BCUT2D eigenvalue weighted by Crippen LogP contribution is -2.43. The van der Waals surface area contributed by atoms with Crippen molar-refractivity contribution >= 4 is 35.8 Å². The lowest BCUT2D eigenvalue weighted by Gasteiger charge is -2.32. The van der Waals surface area contributed by atoms with Gasteiger partial charge in [0.05, 0.1) is 6.04 Å². The van der Waals surface area contributed by atoms with E-state index in [1.54, 1.807) is 33.4 Å². The smallest absolute Gasteiger partial charge is 0.252 e. The van der Waals surface area contributed by atoms with Crippen LogP contribution in [0.2, 0.25) is 0 Å². The first kappa shape index (κ1) is 19.0. The minimum absolute atomic E-state index is 0. The van der Waals surface area contributed by atoms with Crippen LogP contribution in [0.5, 0.6) is 0 Å². The summed E-state index contributed by atoms with van der Waals surface area (Å²) in [7, 11) is 0. The van der Waals surface area contributed by atoms with E-state index in [9.17, 15) is 9.59 Å². The molecule has 0 aromatic carbocycles. The average molecular weight is 373 g/mol. The summed E-state index contributed by atoms with van der Waals surface area (Å²) in [5.41, 5.74) is 6.66. The summed E-state index contributed by atoms with van der Waals surface area (Å²) in [5.74, 6) is 0. The molecule has 0 radical (unpaired) electrons. The van der Waals surface area contributed by atoms with Gasteiger partial charge in [0.1, 0.15) is 5.65 Å². The maximum atomic E-state index is 12.3. The number of piperidine rings is 1. The predicted octanol–water partition coefficient (Wildman–Crippen LogP) is 0.985. The van der Waals surface area contributed by atoms with E-state index >= 15 is 0 Å². The van der Waals surface area contributed by atoms with Gasteiger partial charge in [-0.15, -0.1) is 24.8 Å². The lowest BCUT2D eigenvalue weighted by molar-refractivity contribution is 0.183. The molecule has 0 bridgehead atoms. The Labute approximate surface area is 152 Å². The van der Waals surface area contributed by atoms with E-state index in [-0.39, 0.29) is 42.0 Å². The van der Waals surface area contributed by atoms with E-state index < -0.39 is 0 Å². The van der Waals surface area contributed by atoms with Gasteiger partial charge in [-0.1, -0.05) is 0 Å². The van der Waals surface area contributed by atoms with Crippen LogP contribution in [0.1, 0.15) is 18.9 Å². The number of hydrogen-bond acceptors (Lipinski definition) is 4. The first-order valence-electron chi connectivity index (χ1n) is 7.86. The number of nitrogens with zero attached hydrogens (tertiary/aromatic N) is 3. The Morgan fingerprint density at radius 3 is 2.29 bits per heavy atom. The minimum atomic E-state index is -0.0324. The number of halogens is 2. The van der Waals surface area contributed by atoms with Gasteiger partial charge in [0.15, 0.2) is 0 Å². The molecule has 2 aromatic heterocycles. The van der Waals surface area contributed by atoms with Crippen LogP contribution in [0, 0.1) is 0 Å². The Hall–Kier alpha value is -1.34. The molecule has 0 spiro atoms. The third-order valence-corrected chi connectivity index (χ3v) is 4.92. The molecule has 1 saturated heterocycles. The molecular formula is C16H22Cl2N4O2. The molecule has 2 N–H and O–H groups in total. The largest absolute Gasteiger partial charge is 0.328 e. The van der Waals surface area contributed by atoms with Gasteiger partial charge in [0.2, 0.25) is 0 Å². The summed E-state index contributed by atoms with van der Waals surface area (Å²) in [5, 5.41) is 0.947. The Morgan fingerprint density at radius 2 is 1.62 bits per heavy atom. The first-order chi connectivity index (χ1) is 10.6. The van der Waals surface area contributed by atoms with Crippen molar-refractivity contribution in [3.05, 3.63) is 45.0 Å². The van der Waals surface area contributed by atoms with E-state index in [2.05, 4.69) is 4.90 Å². The molecule has 6 nitrogen and oxygen atoms in total. The highest BCUT2D eigenvalue weighted by Gasteiger charge is 2.28. The quantitative estimate of drug-likeness (QED) is 0.852. The number of pyridine rings is 2. The minimum Gasteiger partial charge on any atom is -0.328 e. The highest BCUT2D eigenvalue weighted by molar-refractivity contribution is 5.85. The molecule has 0 saturated carbocycles. The second-order valence-corrected chi connectivity index (χ2v) is 6.39. The van der Waals surface area contributed by atoms with Crippen molar-refractivity contribution in [3.63, 3.8) is 0 Å². The van der Waals surface area contributed by atoms with Crippen molar-refractivity contribution in [2.24, 2.45) is 5.73 Å². The summed E-state index contributed by atoms with van der Waals surface area (Å²) in [6.07, 6.45) is 2.00. The Balaban J connectivity index is 0.00000104. The van der Waals surface area contributed by atoms with E-state index in [1.807, 2.05) is 0 Å². The van der Waals surface area contributed by atoms with Crippen LogP contribution in [-0.2, 0) is 6.54 Å². The molecule has 8 heteroatoms. The number of rotatable bonds is 2. The highest BCUT2D eigenvalue weighted by atomic mass is 35.5. The molecule has 2 aromatic rings. The van der Waals surface area contributed by atoms with Gasteiger partial charge >= 0.3 is 0 Å². The summed E-state index contributed by atoms with van der Waals surface area (Å²) in [4.78, 5) is 26.8. The fourth-order valence-corrected chi connectivity index (χ4v) is 3.73. The number of hydrogen-bond donors (Lipinski definition) is 1.